The Hall–Kier alpha value is -1.76. The molecule has 2 aromatic rings. The third-order valence-corrected chi connectivity index (χ3v) is 3.03. The van der Waals surface area contributed by atoms with Crippen LogP contribution in [0.15, 0.2) is 42.6 Å². The van der Waals surface area contributed by atoms with Crippen molar-refractivity contribution >= 4 is 12.2 Å². The molecule has 1 heteroatoms. The van der Waals surface area contributed by atoms with Gasteiger partial charge in [0.05, 0.1) is 0 Å². The molecular weight excluding hydrogens is 194 g/mol. The first-order valence-corrected chi connectivity index (χ1v) is 5.64. The SMILES string of the molecule is CC1(C)C=c2ccn(-c3ccccc3)c2=C1. The zero-order valence-corrected chi connectivity index (χ0v) is 9.64. The summed E-state index contributed by atoms with van der Waals surface area (Å²) in [6.07, 6.45) is 6.79. The molecule has 0 unspecified atom stereocenters. The first kappa shape index (κ1) is 9.46. The van der Waals surface area contributed by atoms with E-state index in [0.29, 0.717) is 0 Å². The average Bonchev–Trinajstić information content (AvgIpc) is 2.74. The smallest absolute Gasteiger partial charge is 0.0494 e. The lowest BCUT2D eigenvalue weighted by atomic mass is 9.96. The molecule has 0 saturated carbocycles. The second-order valence-corrected chi connectivity index (χ2v) is 4.97. The van der Waals surface area contributed by atoms with Crippen molar-refractivity contribution in [2.45, 2.75) is 13.8 Å². The first-order valence-electron chi connectivity index (χ1n) is 5.64. The van der Waals surface area contributed by atoms with Gasteiger partial charge in [-0.25, -0.2) is 0 Å². The second kappa shape index (κ2) is 3.11. The van der Waals surface area contributed by atoms with Crippen LogP contribution in [0, 0.1) is 5.41 Å². The van der Waals surface area contributed by atoms with Gasteiger partial charge in [-0.05, 0) is 23.4 Å². The van der Waals surface area contributed by atoms with Crippen LogP contribution < -0.4 is 10.6 Å². The topological polar surface area (TPSA) is 4.93 Å². The minimum atomic E-state index is 0.183. The molecule has 0 radical (unpaired) electrons. The zero-order chi connectivity index (χ0) is 11.2. The first-order chi connectivity index (χ1) is 7.66. The Balaban J connectivity index is 2.26. The van der Waals surface area contributed by atoms with Gasteiger partial charge < -0.3 is 4.57 Å². The van der Waals surface area contributed by atoms with Gasteiger partial charge in [-0.1, -0.05) is 44.2 Å². The van der Waals surface area contributed by atoms with E-state index in [-0.39, 0.29) is 5.41 Å². The standard InChI is InChI=1S/C15H15N/c1-15(2)10-12-8-9-16(14(12)11-15)13-6-4-3-5-7-13/h3-11H,1-2H3. The lowest BCUT2D eigenvalue weighted by Gasteiger charge is -2.10. The molecular formula is C15H15N. The summed E-state index contributed by atoms with van der Waals surface area (Å²) < 4.78 is 2.25. The lowest BCUT2D eigenvalue weighted by Crippen LogP contribution is -2.24. The third-order valence-electron chi connectivity index (χ3n) is 3.03. The minimum Gasteiger partial charge on any atom is -0.317 e. The van der Waals surface area contributed by atoms with Crippen molar-refractivity contribution in [1.29, 1.82) is 0 Å². The fourth-order valence-corrected chi connectivity index (χ4v) is 2.34. The number of aromatic nitrogens is 1. The summed E-state index contributed by atoms with van der Waals surface area (Å²) >= 11 is 0. The van der Waals surface area contributed by atoms with Gasteiger partial charge in [0, 0.05) is 22.6 Å². The molecule has 1 aromatic heterocycles. The molecule has 1 heterocycles. The van der Waals surface area contributed by atoms with Crippen molar-refractivity contribution in [2.75, 3.05) is 0 Å². The molecule has 0 N–H and O–H groups in total. The fourth-order valence-electron chi connectivity index (χ4n) is 2.34. The maximum absolute atomic E-state index is 2.33. The number of nitrogens with zero attached hydrogens (tertiary/aromatic N) is 1. The summed E-state index contributed by atoms with van der Waals surface area (Å²) in [5.41, 5.74) is 1.41. The molecule has 0 aliphatic heterocycles. The van der Waals surface area contributed by atoms with Crippen molar-refractivity contribution in [3.05, 3.63) is 53.2 Å². The summed E-state index contributed by atoms with van der Waals surface area (Å²) in [5.74, 6) is 0. The maximum Gasteiger partial charge on any atom is 0.0494 e. The van der Waals surface area contributed by atoms with Gasteiger partial charge in [0.15, 0.2) is 0 Å². The minimum absolute atomic E-state index is 0.183. The maximum atomic E-state index is 2.33. The Morgan fingerprint density at radius 3 is 2.44 bits per heavy atom. The number of para-hydroxylation sites is 1. The highest BCUT2D eigenvalue weighted by Gasteiger charge is 2.17. The Kier molecular flexibility index (Phi) is 1.84. The Morgan fingerprint density at radius 1 is 0.938 bits per heavy atom. The van der Waals surface area contributed by atoms with E-state index in [1.165, 1.54) is 16.3 Å². The number of rotatable bonds is 1. The summed E-state index contributed by atoms with van der Waals surface area (Å²) in [6, 6.07) is 12.7. The van der Waals surface area contributed by atoms with Crippen LogP contribution in [-0.2, 0) is 0 Å². The fraction of sp³-hybridized carbons (Fsp3) is 0.200. The number of hydrogen-bond acceptors (Lipinski definition) is 0. The van der Waals surface area contributed by atoms with Crippen LogP contribution in [-0.4, -0.2) is 4.57 Å². The Morgan fingerprint density at radius 2 is 1.69 bits per heavy atom. The van der Waals surface area contributed by atoms with Crippen molar-refractivity contribution in [3.63, 3.8) is 0 Å². The predicted octanol–water partition coefficient (Wildman–Crippen LogP) is 2.08. The van der Waals surface area contributed by atoms with Crippen molar-refractivity contribution < 1.29 is 0 Å². The van der Waals surface area contributed by atoms with Crippen LogP contribution in [0.25, 0.3) is 17.8 Å². The van der Waals surface area contributed by atoms with Gasteiger partial charge in [-0.2, -0.15) is 0 Å². The van der Waals surface area contributed by atoms with Crippen LogP contribution in [0.3, 0.4) is 0 Å². The van der Waals surface area contributed by atoms with Crippen molar-refractivity contribution in [1.82, 2.24) is 4.57 Å². The number of hydrogen-bond donors (Lipinski definition) is 0. The summed E-state index contributed by atoms with van der Waals surface area (Å²) in [6.45, 7) is 4.48. The van der Waals surface area contributed by atoms with Crippen LogP contribution >= 0.6 is 0 Å². The molecule has 0 fully saturated rings. The summed E-state index contributed by atoms with van der Waals surface area (Å²) in [7, 11) is 0. The van der Waals surface area contributed by atoms with Gasteiger partial charge >= 0.3 is 0 Å². The van der Waals surface area contributed by atoms with Crippen molar-refractivity contribution in [3.8, 4) is 5.69 Å². The normalized spacial score (nSPS) is 16.4. The van der Waals surface area contributed by atoms with E-state index in [1.807, 2.05) is 6.07 Å². The highest BCUT2D eigenvalue weighted by Crippen LogP contribution is 2.21. The third kappa shape index (κ3) is 1.40. The quantitative estimate of drug-likeness (QED) is 0.677. The van der Waals surface area contributed by atoms with E-state index in [9.17, 15) is 0 Å². The Labute approximate surface area is 95.3 Å². The highest BCUT2D eigenvalue weighted by atomic mass is 15.0. The highest BCUT2D eigenvalue weighted by molar-refractivity contribution is 5.55. The molecule has 0 saturated heterocycles. The molecule has 0 spiro atoms. The molecule has 1 aliphatic rings. The van der Waals surface area contributed by atoms with E-state index in [0.717, 1.165) is 0 Å². The van der Waals surface area contributed by atoms with Crippen LogP contribution in [0.2, 0.25) is 0 Å². The van der Waals surface area contributed by atoms with E-state index in [2.05, 4.69) is 67.1 Å². The van der Waals surface area contributed by atoms with Crippen LogP contribution in [0.1, 0.15) is 13.8 Å². The van der Waals surface area contributed by atoms with E-state index in [4.69, 9.17) is 0 Å². The Bertz CT molecular complexity index is 630. The van der Waals surface area contributed by atoms with Gasteiger partial charge in [0.1, 0.15) is 0 Å². The number of benzene rings is 1. The van der Waals surface area contributed by atoms with E-state index < -0.39 is 0 Å². The van der Waals surface area contributed by atoms with Gasteiger partial charge in [-0.3, -0.25) is 0 Å². The molecule has 0 amide bonds. The average molecular weight is 209 g/mol. The molecule has 0 bridgehead atoms. The van der Waals surface area contributed by atoms with Gasteiger partial charge in [0.25, 0.3) is 0 Å². The molecule has 1 aliphatic carbocycles. The monoisotopic (exact) mass is 209 g/mol. The van der Waals surface area contributed by atoms with Gasteiger partial charge in [-0.15, -0.1) is 0 Å². The summed E-state index contributed by atoms with van der Waals surface area (Å²) in [5, 5.41) is 2.66. The molecule has 16 heavy (non-hydrogen) atoms. The molecule has 1 nitrogen and oxygen atoms in total. The largest absolute Gasteiger partial charge is 0.317 e. The zero-order valence-electron chi connectivity index (χ0n) is 9.64. The molecule has 3 rings (SSSR count). The predicted molar refractivity (Wildman–Crippen MR) is 67.7 cm³/mol. The summed E-state index contributed by atoms with van der Waals surface area (Å²) in [4.78, 5) is 0. The molecule has 1 aromatic carbocycles. The number of fused-ring (bicyclic) bond motifs is 1. The second-order valence-electron chi connectivity index (χ2n) is 4.97. The van der Waals surface area contributed by atoms with Gasteiger partial charge in [0.2, 0.25) is 0 Å². The lowest BCUT2D eigenvalue weighted by molar-refractivity contribution is 0.722. The van der Waals surface area contributed by atoms with Crippen LogP contribution in [0.5, 0.6) is 0 Å². The van der Waals surface area contributed by atoms with E-state index in [1.54, 1.807) is 0 Å². The molecule has 0 atom stereocenters. The van der Waals surface area contributed by atoms with E-state index >= 15 is 0 Å². The van der Waals surface area contributed by atoms with Crippen LogP contribution in [0.4, 0.5) is 0 Å². The van der Waals surface area contributed by atoms with Crippen molar-refractivity contribution in [2.24, 2.45) is 5.41 Å². The molecule has 80 valence electrons.